The van der Waals surface area contributed by atoms with E-state index in [0.29, 0.717) is 13.2 Å². The smallest absolute Gasteiger partial charge is 0.124 e. The summed E-state index contributed by atoms with van der Waals surface area (Å²) in [5, 5.41) is 0. The van der Waals surface area contributed by atoms with Gasteiger partial charge in [-0.25, -0.2) is 0 Å². The van der Waals surface area contributed by atoms with Crippen molar-refractivity contribution in [2.45, 2.75) is 32.5 Å². The minimum atomic E-state index is -0.138. The van der Waals surface area contributed by atoms with Crippen molar-refractivity contribution >= 4 is 15.9 Å². The van der Waals surface area contributed by atoms with Gasteiger partial charge < -0.3 is 14.2 Å². The molecule has 0 N–H and O–H groups in total. The lowest BCUT2D eigenvalue weighted by atomic mass is 10.1. The maximum absolute atomic E-state index is 5.67. The monoisotopic (exact) mass is 316 g/mol. The van der Waals surface area contributed by atoms with Crippen LogP contribution in [0.25, 0.3) is 0 Å². The largest absolute Gasteiger partial charge is 0.496 e. The van der Waals surface area contributed by atoms with Gasteiger partial charge in [-0.3, -0.25) is 0 Å². The van der Waals surface area contributed by atoms with Crippen LogP contribution >= 0.6 is 15.9 Å². The van der Waals surface area contributed by atoms with Gasteiger partial charge in [-0.2, -0.15) is 0 Å². The number of benzene rings is 1. The molecule has 0 heterocycles. The van der Waals surface area contributed by atoms with Gasteiger partial charge in [0.15, 0.2) is 0 Å². The maximum Gasteiger partial charge on any atom is 0.124 e. The van der Waals surface area contributed by atoms with Crippen LogP contribution in [0.2, 0.25) is 0 Å². The number of methoxy groups -OCH3 is 2. The van der Waals surface area contributed by atoms with Crippen LogP contribution < -0.4 is 4.74 Å². The number of hydrogen-bond acceptors (Lipinski definition) is 3. The van der Waals surface area contributed by atoms with E-state index in [4.69, 9.17) is 14.2 Å². The first-order valence-corrected chi connectivity index (χ1v) is 6.73. The van der Waals surface area contributed by atoms with Gasteiger partial charge >= 0.3 is 0 Å². The lowest BCUT2D eigenvalue weighted by molar-refractivity contribution is -0.0126. The van der Waals surface area contributed by atoms with E-state index in [1.54, 1.807) is 14.2 Å². The van der Waals surface area contributed by atoms with Crippen molar-refractivity contribution in [2.24, 2.45) is 0 Å². The zero-order valence-corrected chi connectivity index (χ0v) is 13.0. The van der Waals surface area contributed by atoms with Crippen LogP contribution in [-0.2, 0) is 16.1 Å². The molecule has 3 nitrogen and oxygen atoms in total. The van der Waals surface area contributed by atoms with Gasteiger partial charge in [-0.15, -0.1) is 0 Å². The Morgan fingerprint density at radius 2 is 1.94 bits per heavy atom. The minimum absolute atomic E-state index is 0.138. The summed E-state index contributed by atoms with van der Waals surface area (Å²) in [5.74, 6) is 0.851. The van der Waals surface area contributed by atoms with Crippen LogP contribution in [0.5, 0.6) is 5.75 Å². The molecule has 0 fully saturated rings. The second kappa shape index (κ2) is 7.12. The summed E-state index contributed by atoms with van der Waals surface area (Å²) in [5.41, 5.74) is 0.906. The first-order valence-electron chi connectivity index (χ1n) is 5.94. The molecule has 0 aliphatic rings. The van der Waals surface area contributed by atoms with Gasteiger partial charge in [-0.05, 0) is 38.5 Å². The average Bonchev–Trinajstić information content (AvgIpc) is 2.35. The number of halogens is 1. The fourth-order valence-corrected chi connectivity index (χ4v) is 1.87. The fourth-order valence-electron chi connectivity index (χ4n) is 1.46. The number of ether oxygens (including phenoxy) is 3. The molecule has 1 aromatic rings. The Kier molecular flexibility index (Phi) is 6.12. The van der Waals surface area contributed by atoms with E-state index in [-0.39, 0.29) is 5.60 Å². The van der Waals surface area contributed by atoms with Gasteiger partial charge in [0.05, 0.1) is 19.3 Å². The molecule has 0 saturated carbocycles. The first kappa shape index (κ1) is 15.5. The van der Waals surface area contributed by atoms with E-state index in [1.165, 1.54) is 0 Å². The molecule has 0 radical (unpaired) electrons. The van der Waals surface area contributed by atoms with Gasteiger partial charge in [0.1, 0.15) is 5.75 Å². The summed E-state index contributed by atoms with van der Waals surface area (Å²) in [4.78, 5) is 0. The molecule has 18 heavy (non-hydrogen) atoms. The molecule has 0 aromatic heterocycles. The summed E-state index contributed by atoms with van der Waals surface area (Å²) in [7, 11) is 3.39. The molecule has 0 amide bonds. The zero-order chi connectivity index (χ0) is 13.6. The minimum Gasteiger partial charge on any atom is -0.496 e. The van der Waals surface area contributed by atoms with Crippen molar-refractivity contribution in [2.75, 3.05) is 20.8 Å². The predicted molar refractivity (Wildman–Crippen MR) is 76.1 cm³/mol. The second-order valence-corrected chi connectivity index (χ2v) is 5.64. The molecule has 102 valence electrons. The predicted octanol–water partition coefficient (Wildman–Crippen LogP) is 3.79. The molecule has 0 saturated heterocycles. The van der Waals surface area contributed by atoms with E-state index < -0.39 is 0 Å². The zero-order valence-electron chi connectivity index (χ0n) is 11.5. The Balaban J connectivity index is 2.46. The third-order valence-electron chi connectivity index (χ3n) is 2.90. The lowest BCUT2D eigenvalue weighted by Gasteiger charge is -2.22. The van der Waals surface area contributed by atoms with Crippen molar-refractivity contribution in [1.29, 1.82) is 0 Å². The molecule has 4 heteroatoms. The Morgan fingerprint density at radius 1 is 1.22 bits per heavy atom. The van der Waals surface area contributed by atoms with Crippen LogP contribution in [0.15, 0.2) is 22.7 Å². The van der Waals surface area contributed by atoms with Crippen LogP contribution in [0, 0.1) is 0 Å². The number of rotatable bonds is 7. The summed E-state index contributed by atoms with van der Waals surface area (Å²) in [6.45, 7) is 5.31. The molecule has 0 unspecified atom stereocenters. The molecule has 0 aliphatic heterocycles. The quantitative estimate of drug-likeness (QED) is 0.716. The highest BCUT2D eigenvalue weighted by molar-refractivity contribution is 9.10. The first-order chi connectivity index (χ1) is 8.48. The fraction of sp³-hybridized carbons (Fsp3) is 0.571. The van der Waals surface area contributed by atoms with Crippen LogP contribution in [0.4, 0.5) is 0 Å². The summed E-state index contributed by atoms with van der Waals surface area (Å²) in [6.07, 6.45) is 0.861. The van der Waals surface area contributed by atoms with E-state index in [0.717, 1.165) is 22.2 Å². The van der Waals surface area contributed by atoms with Crippen LogP contribution in [0.3, 0.4) is 0 Å². The standard InChI is InChI=1S/C14H21BrO3/c1-14(2,17-4)7-8-18-10-11-9-12(15)5-6-13(11)16-3/h5-6,9H,7-8,10H2,1-4H3. The Morgan fingerprint density at radius 3 is 2.56 bits per heavy atom. The van der Waals surface area contributed by atoms with Crippen molar-refractivity contribution < 1.29 is 14.2 Å². The molecular weight excluding hydrogens is 296 g/mol. The highest BCUT2D eigenvalue weighted by Gasteiger charge is 2.15. The van der Waals surface area contributed by atoms with Gasteiger partial charge in [0, 0.05) is 23.8 Å². The SMILES string of the molecule is COc1ccc(Br)cc1COCCC(C)(C)OC. The Bertz CT molecular complexity index is 377. The van der Waals surface area contributed by atoms with Crippen molar-refractivity contribution in [3.05, 3.63) is 28.2 Å². The molecule has 0 aliphatic carbocycles. The Labute approximate surface area is 118 Å². The van der Waals surface area contributed by atoms with Gasteiger partial charge in [-0.1, -0.05) is 15.9 Å². The van der Waals surface area contributed by atoms with Gasteiger partial charge in [0.25, 0.3) is 0 Å². The third kappa shape index (κ3) is 4.96. The van der Waals surface area contributed by atoms with E-state index in [2.05, 4.69) is 29.8 Å². The van der Waals surface area contributed by atoms with E-state index in [9.17, 15) is 0 Å². The van der Waals surface area contributed by atoms with Crippen molar-refractivity contribution in [3.63, 3.8) is 0 Å². The van der Waals surface area contributed by atoms with E-state index >= 15 is 0 Å². The molecule has 0 spiro atoms. The Hall–Kier alpha value is -0.580. The van der Waals surface area contributed by atoms with Crippen LogP contribution in [0.1, 0.15) is 25.8 Å². The molecule has 0 bridgehead atoms. The third-order valence-corrected chi connectivity index (χ3v) is 3.39. The molecular formula is C14H21BrO3. The average molecular weight is 317 g/mol. The van der Waals surface area contributed by atoms with Gasteiger partial charge in [0.2, 0.25) is 0 Å². The lowest BCUT2D eigenvalue weighted by Crippen LogP contribution is -2.24. The highest BCUT2D eigenvalue weighted by atomic mass is 79.9. The van der Waals surface area contributed by atoms with Crippen LogP contribution in [-0.4, -0.2) is 26.4 Å². The maximum atomic E-state index is 5.67. The highest BCUT2D eigenvalue weighted by Crippen LogP contribution is 2.24. The summed E-state index contributed by atoms with van der Waals surface area (Å²) in [6, 6.07) is 5.90. The molecule has 1 aromatic carbocycles. The van der Waals surface area contributed by atoms with Crippen molar-refractivity contribution in [3.8, 4) is 5.75 Å². The second-order valence-electron chi connectivity index (χ2n) is 4.72. The topological polar surface area (TPSA) is 27.7 Å². The summed E-state index contributed by atoms with van der Waals surface area (Å²) >= 11 is 3.45. The van der Waals surface area contributed by atoms with Crippen molar-refractivity contribution in [1.82, 2.24) is 0 Å². The molecule has 0 atom stereocenters. The van der Waals surface area contributed by atoms with E-state index in [1.807, 2.05) is 18.2 Å². The summed E-state index contributed by atoms with van der Waals surface area (Å²) < 4.78 is 17.3. The normalized spacial score (nSPS) is 11.6. The number of hydrogen-bond donors (Lipinski definition) is 0. The molecule has 1 rings (SSSR count).